The molecule has 0 aliphatic rings. The predicted molar refractivity (Wildman–Crippen MR) is 131 cm³/mol. The number of fused-ring (bicyclic) bond motifs is 1. The fraction of sp³-hybridized carbons (Fsp3) is 0.158. The number of sulfone groups is 1. The summed E-state index contributed by atoms with van der Waals surface area (Å²) in [4.78, 5) is -2.09. The van der Waals surface area contributed by atoms with Gasteiger partial charge in [0.1, 0.15) is 21.5 Å². The molecule has 0 aromatic heterocycles. The minimum absolute atomic E-state index is 0.0974. The summed E-state index contributed by atoms with van der Waals surface area (Å²) >= 11 is 0. The lowest BCUT2D eigenvalue weighted by Gasteiger charge is -2.13. The first kappa shape index (κ1) is 29.5. The van der Waals surface area contributed by atoms with Gasteiger partial charge in [-0.2, -0.15) is 16.8 Å². The Bertz CT molecular complexity index is 1870. The van der Waals surface area contributed by atoms with Gasteiger partial charge in [0.25, 0.3) is 10.1 Å². The molecule has 0 bridgehead atoms. The normalized spacial score (nSPS) is 13.3. The van der Waals surface area contributed by atoms with Crippen LogP contribution < -0.4 is 5.32 Å². The quantitative estimate of drug-likeness (QED) is 0.220. The van der Waals surface area contributed by atoms with E-state index < -0.39 is 68.3 Å². The summed E-state index contributed by atoms with van der Waals surface area (Å²) in [5, 5.41) is 11.3. The topological polar surface area (TPSA) is 246 Å². The third-order valence-corrected chi connectivity index (χ3v) is 8.79. The molecule has 0 heterocycles. The zero-order valence-corrected chi connectivity index (χ0v) is 22.3. The first-order valence-electron chi connectivity index (χ1n) is 10.0. The number of nitrogens with zero attached hydrogens (tertiary/aromatic N) is 2. The van der Waals surface area contributed by atoms with Gasteiger partial charge in [0.05, 0.1) is 32.7 Å². The van der Waals surface area contributed by atoms with Crippen molar-refractivity contribution < 1.29 is 51.5 Å². The summed E-state index contributed by atoms with van der Waals surface area (Å²) in [5.74, 6) is -0.973. The first-order chi connectivity index (χ1) is 17.4. The number of benzene rings is 3. The van der Waals surface area contributed by atoms with Gasteiger partial charge in [0.15, 0.2) is 9.84 Å². The molecule has 0 spiro atoms. The molecule has 38 heavy (non-hydrogen) atoms. The van der Waals surface area contributed by atoms with Crippen molar-refractivity contribution >= 4 is 68.3 Å². The van der Waals surface area contributed by atoms with Crippen LogP contribution in [0.1, 0.15) is 0 Å². The van der Waals surface area contributed by atoms with E-state index in [0.717, 1.165) is 18.2 Å². The van der Waals surface area contributed by atoms with Crippen molar-refractivity contribution in [2.24, 2.45) is 10.2 Å². The Labute approximate surface area is 217 Å². The van der Waals surface area contributed by atoms with Crippen LogP contribution in [0.4, 0.5) is 17.1 Å². The van der Waals surface area contributed by atoms with E-state index in [-0.39, 0.29) is 10.6 Å². The van der Waals surface area contributed by atoms with Crippen LogP contribution in [0.2, 0.25) is 0 Å². The van der Waals surface area contributed by atoms with Crippen LogP contribution in [-0.4, -0.2) is 66.7 Å². The van der Waals surface area contributed by atoms with Crippen molar-refractivity contribution in [3.05, 3.63) is 48.5 Å². The minimum atomic E-state index is -5.29. The Morgan fingerprint density at radius 1 is 0.868 bits per heavy atom. The molecule has 0 aliphatic carbocycles. The SMILES string of the molecule is CNc1ccc2cc(S(=O)(=O)O)ccc2c1N=Nc1ccc(S(=O)(=O)CCOS(=O)(=O)O)cc1S(=O)(=O)[O-]. The second-order valence-electron chi connectivity index (χ2n) is 7.42. The number of anilines is 1. The van der Waals surface area contributed by atoms with Gasteiger partial charge in [-0.3, -0.25) is 9.11 Å². The summed E-state index contributed by atoms with van der Waals surface area (Å²) in [6.07, 6.45) is 0. The highest BCUT2D eigenvalue weighted by molar-refractivity contribution is 7.91. The second-order valence-corrected chi connectivity index (χ2v) is 13.4. The van der Waals surface area contributed by atoms with Gasteiger partial charge in [-0.15, -0.1) is 10.2 Å². The smallest absolute Gasteiger partial charge is 0.397 e. The van der Waals surface area contributed by atoms with Crippen LogP contribution in [0.25, 0.3) is 10.8 Å². The summed E-state index contributed by atoms with van der Waals surface area (Å²) < 4.78 is 126. The molecule has 19 heteroatoms. The van der Waals surface area contributed by atoms with E-state index in [2.05, 4.69) is 19.7 Å². The van der Waals surface area contributed by atoms with Gasteiger partial charge < -0.3 is 9.87 Å². The number of rotatable bonds is 10. The number of azo groups is 1. The lowest BCUT2D eigenvalue weighted by atomic mass is 10.1. The molecule has 0 aliphatic heterocycles. The van der Waals surface area contributed by atoms with E-state index in [9.17, 15) is 42.8 Å². The zero-order chi connectivity index (χ0) is 28.5. The highest BCUT2D eigenvalue weighted by atomic mass is 32.3. The third kappa shape index (κ3) is 7.08. The van der Waals surface area contributed by atoms with E-state index in [1.165, 1.54) is 31.3 Å². The average Bonchev–Trinajstić information content (AvgIpc) is 2.79. The Morgan fingerprint density at radius 3 is 2.11 bits per heavy atom. The van der Waals surface area contributed by atoms with Crippen molar-refractivity contribution in [3.63, 3.8) is 0 Å². The maximum atomic E-state index is 12.4. The van der Waals surface area contributed by atoms with Gasteiger partial charge in [-0.1, -0.05) is 12.1 Å². The fourth-order valence-electron chi connectivity index (χ4n) is 3.20. The van der Waals surface area contributed by atoms with Crippen LogP contribution in [0, 0.1) is 0 Å². The summed E-state index contributed by atoms with van der Waals surface area (Å²) in [7, 11) is -17.5. The van der Waals surface area contributed by atoms with E-state index in [0.29, 0.717) is 22.5 Å². The molecule has 3 N–H and O–H groups in total. The molecule has 0 fully saturated rings. The highest BCUT2D eigenvalue weighted by Crippen LogP contribution is 2.37. The molecule has 3 aromatic carbocycles. The molecular weight excluding hydrogens is 590 g/mol. The van der Waals surface area contributed by atoms with Gasteiger partial charge in [0.2, 0.25) is 0 Å². The van der Waals surface area contributed by atoms with E-state index in [4.69, 9.17) is 4.55 Å². The van der Waals surface area contributed by atoms with Crippen LogP contribution in [-0.2, 0) is 44.7 Å². The Morgan fingerprint density at radius 2 is 1.53 bits per heavy atom. The summed E-state index contributed by atoms with van der Waals surface area (Å²) in [6, 6.07) is 8.95. The fourth-order valence-corrected chi connectivity index (χ4v) is 5.94. The Kier molecular flexibility index (Phi) is 8.24. The highest BCUT2D eigenvalue weighted by Gasteiger charge is 2.21. The second kappa shape index (κ2) is 10.6. The Hall–Kier alpha value is -3.04. The molecule has 0 saturated heterocycles. The van der Waals surface area contributed by atoms with Crippen LogP contribution in [0.5, 0.6) is 0 Å². The van der Waals surface area contributed by atoms with Gasteiger partial charge in [-0.25, -0.2) is 21.0 Å². The largest absolute Gasteiger partial charge is 0.744 e. The number of hydrogen-bond acceptors (Lipinski definition) is 13. The van der Waals surface area contributed by atoms with E-state index >= 15 is 0 Å². The molecule has 0 unspecified atom stereocenters. The molecule has 3 aromatic rings. The van der Waals surface area contributed by atoms with Crippen molar-refractivity contribution in [2.45, 2.75) is 14.7 Å². The molecule has 0 amide bonds. The van der Waals surface area contributed by atoms with Crippen LogP contribution in [0.15, 0.2) is 73.4 Å². The average molecular weight is 609 g/mol. The lowest BCUT2D eigenvalue weighted by molar-refractivity contribution is 0.284. The van der Waals surface area contributed by atoms with Crippen molar-refractivity contribution in [3.8, 4) is 0 Å². The number of nitrogens with one attached hydrogen (secondary N) is 1. The van der Waals surface area contributed by atoms with Gasteiger partial charge in [-0.05, 0) is 41.8 Å². The molecule has 206 valence electrons. The van der Waals surface area contributed by atoms with E-state index in [1.807, 2.05) is 0 Å². The summed E-state index contributed by atoms with van der Waals surface area (Å²) in [6.45, 7) is -0.977. The molecular formula is C19H18N3O12S4-. The molecule has 15 nitrogen and oxygen atoms in total. The first-order valence-corrected chi connectivity index (χ1v) is 15.9. The van der Waals surface area contributed by atoms with Crippen molar-refractivity contribution in [1.29, 1.82) is 0 Å². The van der Waals surface area contributed by atoms with Crippen LogP contribution in [0.3, 0.4) is 0 Å². The predicted octanol–water partition coefficient (Wildman–Crippen LogP) is 2.04. The maximum absolute atomic E-state index is 12.4. The molecule has 0 radical (unpaired) electrons. The molecule has 3 rings (SSSR count). The monoisotopic (exact) mass is 608 g/mol. The summed E-state index contributed by atoms with van der Waals surface area (Å²) in [5.41, 5.74) is -0.0626. The minimum Gasteiger partial charge on any atom is -0.744 e. The van der Waals surface area contributed by atoms with Gasteiger partial charge in [0, 0.05) is 12.4 Å². The number of hydrogen-bond donors (Lipinski definition) is 3. The Balaban J connectivity index is 2.09. The van der Waals surface area contributed by atoms with Crippen molar-refractivity contribution in [1.82, 2.24) is 0 Å². The maximum Gasteiger partial charge on any atom is 0.397 e. The third-order valence-electron chi connectivity index (χ3n) is 4.93. The zero-order valence-electron chi connectivity index (χ0n) is 19.0. The van der Waals surface area contributed by atoms with Crippen LogP contribution >= 0.6 is 0 Å². The van der Waals surface area contributed by atoms with Crippen molar-refractivity contribution in [2.75, 3.05) is 24.7 Å². The standard InChI is InChI=1S/C19H19N3O12S4/c1-20-17-6-2-12-10-14(36(25,26)27)3-5-15(12)19(17)22-21-16-7-4-13(11-18(16)37(28,29)30)35(23,24)9-8-34-38(31,32)33/h2-7,10-11,20H,8-9H2,1H3,(H,25,26,27)(H,28,29,30)(H,31,32,33)/p-1. The molecule has 0 saturated carbocycles. The van der Waals surface area contributed by atoms with Gasteiger partial charge >= 0.3 is 10.4 Å². The van der Waals surface area contributed by atoms with E-state index in [1.54, 1.807) is 0 Å². The lowest BCUT2D eigenvalue weighted by Crippen LogP contribution is -2.16. The molecule has 0 atom stereocenters.